The van der Waals surface area contributed by atoms with Crippen molar-refractivity contribution in [1.82, 2.24) is 5.32 Å². The smallest absolute Gasteiger partial charge is 0.237 e. The molecule has 0 saturated carbocycles. The highest BCUT2D eigenvalue weighted by molar-refractivity contribution is 5.81. The van der Waals surface area contributed by atoms with Crippen LogP contribution in [0, 0.1) is 0 Å². The molecule has 118 valence electrons. The van der Waals surface area contributed by atoms with E-state index in [-0.39, 0.29) is 11.9 Å². The second kappa shape index (κ2) is 8.49. The molecule has 0 bridgehead atoms. The highest BCUT2D eigenvalue weighted by Gasteiger charge is 2.14. The van der Waals surface area contributed by atoms with Gasteiger partial charge in [0.05, 0.1) is 25.8 Å². The molecule has 0 saturated heterocycles. The summed E-state index contributed by atoms with van der Waals surface area (Å²) in [6.45, 7) is 4.49. The number of amides is 1. The lowest BCUT2D eigenvalue weighted by Gasteiger charge is -2.18. The van der Waals surface area contributed by atoms with E-state index in [2.05, 4.69) is 5.32 Å². The lowest BCUT2D eigenvalue weighted by molar-refractivity contribution is -0.122. The largest absolute Gasteiger partial charge is 0.493 e. The molecule has 6 heteroatoms. The van der Waals surface area contributed by atoms with Gasteiger partial charge in [0, 0.05) is 7.11 Å². The van der Waals surface area contributed by atoms with Crippen LogP contribution < -0.4 is 20.5 Å². The van der Waals surface area contributed by atoms with Gasteiger partial charge in [-0.3, -0.25) is 4.79 Å². The second-order valence-electron chi connectivity index (χ2n) is 4.77. The quantitative estimate of drug-likeness (QED) is 0.705. The van der Waals surface area contributed by atoms with Crippen molar-refractivity contribution in [3.05, 3.63) is 23.8 Å². The number of benzene rings is 1. The van der Waals surface area contributed by atoms with Gasteiger partial charge in [0.1, 0.15) is 6.61 Å². The first-order valence-corrected chi connectivity index (χ1v) is 6.85. The van der Waals surface area contributed by atoms with E-state index < -0.39 is 6.04 Å². The number of rotatable bonds is 8. The number of ether oxygens (including phenoxy) is 3. The van der Waals surface area contributed by atoms with E-state index in [0.29, 0.717) is 24.7 Å². The van der Waals surface area contributed by atoms with Crippen LogP contribution in [0.4, 0.5) is 0 Å². The van der Waals surface area contributed by atoms with E-state index in [1.54, 1.807) is 21.1 Å². The maximum Gasteiger partial charge on any atom is 0.237 e. The monoisotopic (exact) mass is 296 g/mol. The Morgan fingerprint density at radius 3 is 2.52 bits per heavy atom. The van der Waals surface area contributed by atoms with Crippen LogP contribution in [0.1, 0.15) is 25.5 Å². The first-order valence-electron chi connectivity index (χ1n) is 6.85. The Kier molecular flexibility index (Phi) is 6.98. The summed E-state index contributed by atoms with van der Waals surface area (Å²) in [6.07, 6.45) is 0. The number of hydrogen-bond acceptors (Lipinski definition) is 5. The summed E-state index contributed by atoms with van der Waals surface area (Å²) in [5, 5.41) is 2.84. The molecule has 0 aliphatic carbocycles. The summed E-state index contributed by atoms with van der Waals surface area (Å²) in [6, 6.07) is 4.85. The minimum Gasteiger partial charge on any atom is -0.493 e. The van der Waals surface area contributed by atoms with E-state index in [1.165, 1.54) is 0 Å². The number of carbonyl (C=O) groups excluding carboxylic acids is 1. The molecule has 1 amide bonds. The Hall–Kier alpha value is -1.79. The maximum absolute atomic E-state index is 11.6. The van der Waals surface area contributed by atoms with E-state index in [4.69, 9.17) is 19.9 Å². The molecule has 0 aliphatic rings. The van der Waals surface area contributed by atoms with Crippen molar-refractivity contribution >= 4 is 5.91 Å². The van der Waals surface area contributed by atoms with Crippen LogP contribution in [0.3, 0.4) is 0 Å². The van der Waals surface area contributed by atoms with Crippen LogP contribution in [-0.2, 0) is 9.53 Å². The fourth-order valence-corrected chi connectivity index (χ4v) is 1.74. The molecule has 0 heterocycles. The van der Waals surface area contributed by atoms with Crippen molar-refractivity contribution in [2.24, 2.45) is 5.73 Å². The predicted octanol–water partition coefficient (Wildman–Crippen LogP) is 1.24. The number of methoxy groups -OCH3 is 2. The molecule has 1 unspecified atom stereocenters. The minimum atomic E-state index is -0.536. The third-order valence-electron chi connectivity index (χ3n) is 3.01. The summed E-state index contributed by atoms with van der Waals surface area (Å²) < 4.78 is 15.8. The van der Waals surface area contributed by atoms with Crippen molar-refractivity contribution < 1.29 is 19.0 Å². The highest BCUT2D eigenvalue weighted by atomic mass is 16.5. The zero-order valence-corrected chi connectivity index (χ0v) is 13.0. The second-order valence-corrected chi connectivity index (χ2v) is 4.77. The van der Waals surface area contributed by atoms with Crippen molar-refractivity contribution in [2.75, 3.05) is 27.4 Å². The third kappa shape index (κ3) is 5.24. The van der Waals surface area contributed by atoms with Crippen LogP contribution in [0.2, 0.25) is 0 Å². The third-order valence-corrected chi connectivity index (χ3v) is 3.01. The predicted molar refractivity (Wildman–Crippen MR) is 80.6 cm³/mol. The van der Waals surface area contributed by atoms with Crippen molar-refractivity contribution in [2.45, 2.75) is 25.9 Å². The van der Waals surface area contributed by atoms with Crippen LogP contribution in [0.15, 0.2) is 18.2 Å². The van der Waals surface area contributed by atoms with Gasteiger partial charge in [-0.15, -0.1) is 0 Å². The number of hydrogen-bond donors (Lipinski definition) is 2. The molecule has 6 nitrogen and oxygen atoms in total. The molecule has 2 atom stereocenters. The van der Waals surface area contributed by atoms with Crippen LogP contribution >= 0.6 is 0 Å². The SMILES string of the molecule is COCCOc1ccc(C(C)NC(=O)[C@@H](C)N)cc1OC. The summed E-state index contributed by atoms with van der Waals surface area (Å²) in [4.78, 5) is 11.6. The van der Waals surface area contributed by atoms with E-state index >= 15 is 0 Å². The first-order chi connectivity index (χ1) is 9.99. The van der Waals surface area contributed by atoms with Gasteiger partial charge in [-0.05, 0) is 31.5 Å². The Bertz CT molecular complexity index is 463. The molecule has 0 aliphatic heterocycles. The zero-order valence-electron chi connectivity index (χ0n) is 13.0. The van der Waals surface area contributed by atoms with Gasteiger partial charge < -0.3 is 25.3 Å². The highest BCUT2D eigenvalue weighted by Crippen LogP contribution is 2.30. The Morgan fingerprint density at radius 1 is 1.24 bits per heavy atom. The van der Waals surface area contributed by atoms with Crippen LogP contribution in [0.5, 0.6) is 11.5 Å². The van der Waals surface area contributed by atoms with Gasteiger partial charge >= 0.3 is 0 Å². The summed E-state index contributed by atoms with van der Waals surface area (Å²) in [5.74, 6) is 1.07. The van der Waals surface area contributed by atoms with Gasteiger partial charge in [-0.25, -0.2) is 0 Å². The van der Waals surface area contributed by atoms with Gasteiger partial charge in [0.25, 0.3) is 0 Å². The Balaban J connectivity index is 2.78. The Labute approximate surface area is 125 Å². The lowest BCUT2D eigenvalue weighted by atomic mass is 10.1. The first kappa shape index (κ1) is 17.3. The number of carbonyl (C=O) groups is 1. The molecule has 1 rings (SSSR count). The molecule has 0 spiro atoms. The average molecular weight is 296 g/mol. The van der Waals surface area contributed by atoms with E-state index in [1.807, 2.05) is 25.1 Å². The van der Waals surface area contributed by atoms with Gasteiger partial charge in [0.2, 0.25) is 5.91 Å². The van der Waals surface area contributed by atoms with Crippen molar-refractivity contribution in [3.8, 4) is 11.5 Å². The topological polar surface area (TPSA) is 82.8 Å². The van der Waals surface area contributed by atoms with E-state index in [9.17, 15) is 4.79 Å². The van der Waals surface area contributed by atoms with Crippen LogP contribution in [-0.4, -0.2) is 39.4 Å². The summed E-state index contributed by atoms with van der Waals surface area (Å²) in [7, 11) is 3.19. The van der Waals surface area contributed by atoms with Crippen LogP contribution in [0.25, 0.3) is 0 Å². The van der Waals surface area contributed by atoms with Gasteiger partial charge in [0.15, 0.2) is 11.5 Å². The summed E-state index contributed by atoms with van der Waals surface area (Å²) >= 11 is 0. The number of nitrogens with two attached hydrogens (primary N) is 1. The number of nitrogens with one attached hydrogen (secondary N) is 1. The molecular weight excluding hydrogens is 272 g/mol. The normalized spacial score (nSPS) is 13.4. The molecular formula is C15H24N2O4. The van der Waals surface area contributed by atoms with E-state index in [0.717, 1.165) is 5.56 Å². The minimum absolute atomic E-state index is 0.162. The molecule has 1 aromatic carbocycles. The fraction of sp³-hybridized carbons (Fsp3) is 0.533. The molecule has 0 aromatic heterocycles. The average Bonchev–Trinajstić information content (AvgIpc) is 2.47. The maximum atomic E-state index is 11.6. The van der Waals surface area contributed by atoms with Gasteiger partial charge in [-0.2, -0.15) is 0 Å². The zero-order chi connectivity index (χ0) is 15.8. The molecule has 21 heavy (non-hydrogen) atoms. The molecule has 0 radical (unpaired) electrons. The van der Waals surface area contributed by atoms with Crippen molar-refractivity contribution in [1.29, 1.82) is 0 Å². The molecule has 0 fully saturated rings. The van der Waals surface area contributed by atoms with Gasteiger partial charge in [-0.1, -0.05) is 6.07 Å². The lowest BCUT2D eigenvalue weighted by Crippen LogP contribution is -2.39. The van der Waals surface area contributed by atoms with Crippen molar-refractivity contribution in [3.63, 3.8) is 0 Å². The molecule has 3 N–H and O–H groups in total. The fourth-order valence-electron chi connectivity index (χ4n) is 1.74. The molecule has 1 aromatic rings. The summed E-state index contributed by atoms with van der Waals surface area (Å²) in [5.41, 5.74) is 6.46. The Morgan fingerprint density at radius 2 is 1.95 bits per heavy atom. The standard InChI is InChI=1S/C15H24N2O4/c1-10(16)15(18)17-11(2)12-5-6-13(14(9-12)20-4)21-8-7-19-3/h5-6,9-11H,7-8,16H2,1-4H3,(H,17,18)/t10-,11?/m1/s1.